The molecule has 0 atom stereocenters. The summed E-state index contributed by atoms with van der Waals surface area (Å²) < 4.78 is 43.2. The van der Waals surface area contributed by atoms with Crippen LogP contribution in [0.15, 0.2) is 35.1 Å². The van der Waals surface area contributed by atoms with Crippen molar-refractivity contribution in [3.05, 3.63) is 50.1 Å². The zero-order chi connectivity index (χ0) is 19.8. The Morgan fingerprint density at radius 2 is 1.93 bits per heavy atom. The van der Waals surface area contributed by atoms with Gasteiger partial charge in [0.1, 0.15) is 11.6 Å². The van der Waals surface area contributed by atoms with Crippen LogP contribution in [-0.4, -0.2) is 29.4 Å². The third-order valence-corrected chi connectivity index (χ3v) is 7.60. The molecule has 3 N–H and O–H groups in total. The molecule has 1 fully saturated rings. The van der Waals surface area contributed by atoms with E-state index in [1.54, 1.807) is 6.07 Å². The number of aliphatic hydroxyl groups is 1. The molecule has 0 bridgehead atoms. The summed E-state index contributed by atoms with van der Waals surface area (Å²) in [5.74, 6) is -0.392. The number of sulfonamides is 1. The molecule has 1 aliphatic rings. The van der Waals surface area contributed by atoms with Gasteiger partial charge in [-0.05, 0) is 66.1 Å². The maximum atomic E-state index is 14.2. The second-order valence-corrected chi connectivity index (χ2v) is 9.83. The first kappa shape index (κ1) is 20.1. The highest BCUT2D eigenvalue weighted by Crippen LogP contribution is 2.47. The fraction of sp³-hybridized carbons (Fsp3) is 0.353. The third-order valence-electron chi connectivity index (χ3n) is 4.69. The van der Waals surface area contributed by atoms with E-state index >= 15 is 0 Å². The van der Waals surface area contributed by atoms with Crippen LogP contribution in [0, 0.1) is 9.39 Å². The highest BCUT2D eigenvalue weighted by Gasteiger charge is 2.54. The highest BCUT2D eigenvalue weighted by molar-refractivity contribution is 14.1. The Hall–Kier alpha value is -1.66. The summed E-state index contributed by atoms with van der Waals surface area (Å²) in [6.45, 7) is -0.229. The van der Waals surface area contributed by atoms with Crippen molar-refractivity contribution in [1.29, 1.82) is 0 Å². The molecule has 27 heavy (non-hydrogen) atoms. The number of aliphatic hydroxyl groups excluding tert-OH is 1. The van der Waals surface area contributed by atoms with E-state index in [2.05, 4.69) is 10.0 Å². The van der Waals surface area contributed by atoms with Crippen molar-refractivity contribution in [3.8, 4) is 0 Å². The number of nitrogens with one attached hydrogen (secondary N) is 2. The second kappa shape index (κ2) is 7.40. The van der Waals surface area contributed by atoms with E-state index < -0.39 is 20.6 Å². The number of pyridine rings is 1. The van der Waals surface area contributed by atoms with Crippen molar-refractivity contribution in [2.75, 3.05) is 16.6 Å². The van der Waals surface area contributed by atoms with Crippen LogP contribution >= 0.6 is 22.6 Å². The van der Waals surface area contributed by atoms with Crippen LogP contribution in [0.1, 0.15) is 19.3 Å². The Bertz CT molecular complexity index is 1030. The summed E-state index contributed by atoms with van der Waals surface area (Å²) in [5, 5.41) is 12.0. The lowest BCUT2D eigenvalue weighted by Gasteiger charge is -2.21. The highest BCUT2D eigenvalue weighted by atomic mass is 127. The van der Waals surface area contributed by atoms with Gasteiger partial charge in [0.05, 0.1) is 16.1 Å². The van der Waals surface area contributed by atoms with E-state index in [1.165, 1.54) is 35.9 Å². The Balaban J connectivity index is 2.00. The Morgan fingerprint density at radius 3 is 2.52 bits per heavy atom. The third kappa shape index (κ3) is 3.97. The SMILES string of the molecule is Cn1c(Nc2ccc(I)cc2F)c(NS(=O)(=O)C2(CCO)CC2)ccc1=O. The largest absolute Gasteiger partial charge is 0.396 e. The number of nitrogens with zero attached hydrogens (tertiary/aromatic N) is 1. The normalized spacial score (nSPS) is 15.4. The summed E-state index contributed by atoms with van der Waals surface area (Å²) in [6.07, 6.45) is 1.06. The van der Waals surface area contributed by atoms with Gasteiger partial charge in [0.2, 0.25) is 10.0 Å². The molecule has 1 heterocycles. The average molecular weight is 507 g/mol. The molecule has 3 rings (SSSR count). The van der Waals surface area contributed by atoms with Gasteiger partial charge in [0, 0.05) is 23.3 Å². The van der Waals surface area contributed by atoms with Crippen LogP contribution in [0.3, 0.4) is 0 Å². The van der Waals surface area contributed by atoms with Gasteiger partial charge in [-0.3, -0.25) is 14.1 Å². The molecule has 1 saturated carbocycles. The Labute approximate surface area is 169 Å². The molecule has 0 saturated heterocycles. The first-order valence-corrected chi connectivity index (χ1v) is 10.8. The zero-order valence-corrected chi connectivity index (χ0v) is 17.5. The molecule has 0 spiro atoms. The summed E-state index contributed by atoms with van der Waals surface area (Å²) >= 11 is 1.98. The average Bonchev–Trinajstić information content (AvgIpc) is 3.38. The summed E-state index contributed by atoms with van der Waals surface area (Å²) in [5.41, 5.74) is -0.115. The van der Waals surface area contributed by atoms with Crippen molar-refractivity contribution in [2.45, 2.75) is 24.0 Å². The molecule has 2 aromatic rings. The number of anilines is 3. The monoisotopic (exact) mass is 507 g/mol. The minimum absolute atomic E-state index is 0.119. The van der Waals surface area contributed by atoms with Gasteiger partial charge < -0.3 is 10.4 Å². The smallest absolute Gasteiger partial charge is 0.251 e. The van der Waals surface area contributed by atoms with Crippen molar-refractivity contribution in [2.24, 2.45) is 7.05 Å². The first-order valence-electron chi connectivity index (χ1n) is 8.24. The van der Waals surface area contributed by atoms with E-state index in [0.29, 0.717) is 16.4 Å². The first-order chi connectivity index (χ1) is 12.7. The molecule has 1 aromatic carbocycles. The molecule has 0 aliphatic heterocycles. The van der Waals surface area contributed by atoms with Crippen LogP contribution in [0.2, 0.25) is 0 Å². The molecule has 0 amide bonds. The van der Waals surface area contributed by atoms with Crippen molar-refractivity contribution >= 4 is 49.8 Å². The maximum absolute atomic E-state index is 14.2. The molecule has 1 aliphatic carbocycles. The number of hydrogen-bond donors (Lipinski definition) is 3. The Morgan fingerprint density at radius 1 is 1.26 bits per heavy atom. The Kier molecular flexibility index (Phi) is 5.50. The van der Waals surface area contributed by atoms with Crippen molar-refractivity contribution in [3.63, 3.8) is 0 Å². The van der Waals surface area contributed by atoms with Gasteiger partial charge in [-0.2, -0.15) is 0 Å². The number of benzene rings is 1. The molecular formula is C17H19FIN3O4S. The van der Waals surface area contributed by atoms with Gasteiger partial charge >= 0.3 is 0 Å². The lowest BCUT2D eigenvalue weighted by atomic mass is 10.3. The minimum Gasteiger partial charge on any atom is -0.396 e. The molecule has 0 unspecified atom stereocenters. The van der Waals surface area contributed by atoms with E-state index in [1.807, 2.05) is 22.6 Å². The molecule has 10 heteroatoms. The van der Waals surface area contributed by atoms with Gasteiger partial charge in [0.15, 0.2) is 0 Å². The van der Waals surface area contributed by atoms with Crippen molar-refractivity contribution < 1.29 is 17.9 Å². The quantitative estimate of drug-likeness (QED) is 0.501. The number of halogens is 2. The van der Waals surface area contributed by atoms with E-state index in [4.69, 9.17) is 5.11 Å². The summed E-state index contributed by atoms with van der Waals surface area (Å²) in [7, 11) is -2.32. The van der Waals surface area contributed by atoms with E-state index in [-0.39, 0.29) is 35.8 Å². The number of aromatic nitrogens is 1. The number of hydrogen-bond acceptors (Lipinski definition) is 5. The molecular weight excluding hydrogens is 488 g/mol. The molecule has 7 nitrogen and oxygen atoms in total. The van der Waals surface area contributed by atoms with Gasteiger partial charge in [-0.15, -0.1) is 0 Å². The van der Waals surface area contributed by atoms with E-state index in [0.717, 1.165) is 0 Å². The lowest BCUT2D eigenvalue weighted by molar-refractivity contribution is 0.283. The molecule has 1 aromatic heterocycles. The summed E-state index contributed by atoms with van der Waals surface area (Å²) in [6, 6.07) is 7.12. The second-order valence-electron chi connectivity index (χ2n) is 6.50. The molecule has 146 valence electrons. The molecule has 0 radical (unpaired) electrons. The van der Waals surface area contributed by atoms with Gasteiger partial charge in [-0.1, -0.05) is 0 Å². The van der Waals surface area contributed by atoms with Gasteiger partial charge in [-0.25, -0.2) is 12.8 Å². The topological polar surface area (TPSA) is 100 Å². The van der Waals surface area contributed by atoms with Gasteiger partial charge in [0.25, 0.3) is 5.56 Å². The predicted octanol–water partition coefficient (Wildman–Crippen LogP) is 2.53. The van der Waals surface area contributed by atoms with E-state index in [9.17, 15) is 17.6 Å². The fourth-order valence-electron chi connectivity index (χ4n) is 2.84. The fourth-order valence-corrected chi connectivity index (χ4v) is 4.96. The van der Waals surface area contributed by atoms with Crippen LogP contribution < -0.4 is 15.6 Å². The summed E-state index contributed by atoms with van der Waals surface area (Å²) in [4.78, 5) is 12.0. The lowest BCUT2D eigenvalue weighted by Crippen LogP contribution is -2.32. The maximum Gasteiger partial charge on any atom is 0.251 e. The standard InChI is InChI=1S/C17H19FIN3O4S/c1-22-15(24)5-4-14(21-27(25,26)17(6-7-17)8-9-23)16(22)20-13-3-2-11(19)10-12(13)18/h2-5,10,20-21,23H,6-9H2,1H3. The van der Waals surface area contributed by atoms with Crippen molar-refractivity contribution in [1.82, 2.24) is 4.57 Å². The predicted molar refractivity (Wildman–Crippen MR) is 110 cm³/mol. The zero-order valence-electron chi connectivity index (χ0n) is 14.5. The van der Waals surface area contributed by atoms with Crippen LogP contribution in [0.5, 0.6) is 0 Å². The number of rotatable bonds is 7. The van der Waals surface area contributed by atoms with Crippen LogP contribution in [0.4, 0.5) is 21.6 Å². The minimum atomic E-state index is -3.79. The van der Waals surface area contributed by atoms with Crippen LogP contribution in [0.25, 0.3) is 0 Å². The van der Waals surface area contributed by atoms with Crippen LogP contribution in [-0.2, 0) is 17.1 Å².